The summed E-state index contributed by atoms with van der Waals surface area (Å²) in [6.45, 7) is -0.702. The highest BCUT2D eigenvalue weighted by atomic mass is 79.9. The third kappa shape index (κ3) is 3.26. The molecule has 1 aromatic rings. The molecular formula is C8H8BrNO5S. The molecule has 88 valence electrons. The number of benzene rings is 1. The normalized spacial score (nSPS) is 14.1. The summed E-state index contributed by atoms with van der Waals surface area (Å²) >= 11 is 2.59. The first-order valence-corrected chi connectivity index (χ1v) is 6.15. The minimum absolute atomic E-state index is 0.246. The van der Waals surface area contributed by atoms with Gasteiger partial charge < -0.3 is 0 Å². The molecule has 0 atom stereocenters. The molecule has 0 aliphatic heterocycles. The van der Waals surface area contributed by atoms with Gasteiger partial charge in [-0.3, -0.25) is 14.3 Å². The summed E-state index contributed by atoms with van der Waals surface area (Å²) in [5.74, 6) is 0. The van der Waals surface area contributed by atoms with Crippen LogP contribution in [0.25, 0.3) is 0 Å². The second kappa shape index (κ2) is 5.37. The van der Waals surface area contributed by atoms with Crippen LogP contribution in [0.5, 0.6) is 0 Å². The van der Waals surface area contributed by atoms with Gasteiger partial charge in [-0.05, 0) is 12.1 Å². The van der Waals surface area contributed by atoms with Gasteiger partial charge >= 0.3 is 0 Å². The van der Waals surface area contributed by atoms with Gasteiger partial charge in [0.25, 0.3) is 15.8 Å². The van der Waals surface area contributed by atoms with Gasteiger partial charge in [0.2, 0.25) is 0 Å². The SMILES string of the molecule is [2H]C([2H])(Br)COS(=O)(=O)c1ccc([N+](=O)[O-])cc1. The van der Waals surface area contributed by atoms with E-state index in [0.29, 0.717) is 0 Å². The van der Waals surface area contributed by atoms with Crippen LogP contribution in [0.4, 0.5) is 5.69 Å². The number of alkyl halides is 1. The van der Waals surface area contributed by atoms with Gasteiger partial charge in [0.1, 0.15) is 0 Å². The van der Waals surface area contributed by atoms with E-state index in [1.54, 1.807) is 0 Å². The first-order valence-electron chi connectivity index (χ1n) is 4.95. The quantitative estimate of drug-likeness (QED) is 0.357. The van der Waals surface area contributed by atoms with Crippen molar-refractivity contribution in [1.29, 1.82) is 0 Å². The maximum atomic E-state index is 11.6. The topological polar surface area (TPSA) is 86.5 Å². The molecule has 16 heavy (non-hydrogen) atoms. The number of rotatable bonds is 5. The molecule has 0 amide bonds. The molecule has 0 aromatic heterocycles. The molecule has 0 aliphatic carbocycles. The summed E-state index contributed by atoms with van der Waals surface area (Å²) in [7, 11) is -4.13. The third-order valence-corrected chi connectivity index (χ3v) is 3.11. The van der Waals surface area contributed by atoms with Crippen molar-refractivity contribution in [2.45, 2.75) is 4.90 Å². The van der Waals surface area contributed by atoms with E-state index in [1.807, 2.05) is 0 Å². The Morgan fingerprint density at radius 3 is 2.44 bits per heavy atom. The second-order valence-electron chi connectivity index (χ2n) is 2.60. The molecule has 0 radical (unpaired) electrons. The van der Waals surface area contributed by atoms with E-state index >= 15 is 0 Å². The fourth-order valence-electron chi connectivity index (χ4n) is 0.902. The largest absolute Gasteiger partial charge is 0.297 e. The summed E-state index contributed by atoms with van der Waals surface area (Å²) in [5, 5.41) is 8.42. The van der Waals surface area contributed by atoms with Gasteiger partial charge in [0, 0.05) is 20.2 Å². The number of nitrogens with zero attached hydrogens (tertiary/aromatic N) is 1. The Bertz CT molecular complexity index is 540. The van der Waals surface area contributed by atoms with Gasteiger partial charge in [0.05, 0.1) is 16.4 Å². The number of non-ortho nitro benzene ring substituents is 1. The maximum absolute atomic E-state index is 11.6. The summed E-state index contributed by atoms with van der Waals surface area (Å²) in [6.07, 6.45) is 0. The Kier molecular flexibility index (Phi) is 3.42. The first-order chi connectivity index (χ1) is 8.12. The molecule has 0 saturated carbocycles. The van der Waals surface area contributed by atoms with Gasteiger partial charge in [0.15, 0.2) is 0 Å². The maximum Gasteiger partial charge on any atom is 0.297 e. The molecule has 0 saturated heterocycles. The van der Waals surface area contributed by atoms with Crippen molar-refractivity contribution in [2.75, 3.05) is 11.9 Å². The fraction of sp³-hybridized carbons (Fsp3) is 0.250. The van der Waals surface area contributed by atoms with Crippen molar-refractivity contribution in [1.82, 2.24) is 0 Å². The lowest BCUT2D eigenvalue weighted by Gasteiger charge is -2.03. The number of nitro benzene ring substituents is 1. The van der Waals surface area contributed by atoms with Crippen molar-refractivity contribution in [3.8, 4) is 0 Å². The van der Waals surface area contributed by atoms with Crippen molar-refractivity contribution >= 4 is 31.7 Å². The average Bonchev–Trinajstić information content (AvgIpc) is 2.26. The van der Waals surface area contributed by atoms with Crippen LogP contribution in [-0.2, 0) is 14.3 Å². The molecule has 0 N–H and O–H groups in total. The van der Waals surface area contributed by atoms with Gasteiger partial charge in [-0.15, -0.1) is 0 Å². The van der Waals surface area contributed by atoms with Crippen LogP contribution < -0.4 is 0 Å². The van der Waals surface area contributed by atoms with Gasteiger partial charge in [-0.25, -0.2) is 0 Å². The van der Waals surface area contributed by atoms with Crippen LogP contribution in [0, 0.1) is 10.1 Å². The highest BCUT2D eigenvalue weighted by molar-refractivity contribution is 9.09. The van der Waals surface area contributed by atoms with E-state index < -0.39 is 26.9 Å². The fourth-order valence-corrected chi connectivity index (χ4v) is 1.99. The number of hydrogen-bond donors (Lipinski definition) is 0. The van der Waals surface area contributed by atoms with Crippen molar-refractivity contribution in [3.05, 3.63) is 34.4 Å². The zero-order chi connectivity index (χ0) is 14.0. The molecule has 0 spiro atoms. The molecule has 8 heteroatoms. The van der Waals surface area contributed by atoms with Gasteiger partial charge in [-0.1, -0.05) is 15.9 Å². The van der Waals surface area contributed by atoms with Gasteiger partial charge in [-0.2, -0.15) is 8.42 Å². The Labute approximate surface area is 103 Å². The van der Waals surface area contributed by atoms with Crippen molar-refractivity contribution < 1.29 is 20.3 Å². The number of halogens is 1. The summed E-state index contributed by atoms with van der Waals surface area (Å²) < 4.78 is 41.8. The Morgan fingerprint density at radius 2 is 2.00 bits per heavy atom. The zero-order valence-corrected chi connectivity index (χ0v) is 10.2. The van der Waals surface area contributed by atoms with Crippen molar-refractivity contribution in [2.24, 2.45) is 0 Å². The van der Waals surface area contributed by atoms with E-state index in [0.717, 1.165) is 24.3 Å². The minimum Gasteiger partial charge on any atom is -0.265 e. The van der Waals surface area contributed by atoms with E-state index in [-0.39, 0.29) is 10.6 Å². The highest BCUT2D eigenvalue weighted by Gasteiger charge is 2.16. The molecule has 0 fully saturated rings. The van der Waals surface area contributed by atoms with E-state index in [2.05, 4.69) is 20.1 Å². The lowest BCUT2D eigenvalue weighted by atomic mass is 10.3. The zero-order valence-electron chi connectivity index (χ0n) is 9.79. The van der Waals surface area contributed by atoms with E-state index in [4.69, 9.17) is 2.74 Å². The predicted molar refractivity (Wildman–Crippen MR) is 60.0 cm³/mol. The van der Waals surface area contributed by atoms with Crippen LogP contribution >= 0.6 is 15.9 Å². The Balaban J connectivity index is 2.89. The molecule has 0 bridgehead atoms. The van der Waals surface area contributed by atoms with Crippen LogP contribution in [0.1, 0.15) is 2.74 Å². The van der Waals surface area contributed by atoms with Crippen LogP contribution in [-0.4, -0.2) is 25.2 Å². The smallest absolute Gasteiger partial charge is 0.265 e. The summed E-state index contributed by atoms with van der Waals surface area (Å²) in [6, 6.07) is 4.10. The predicted octanol–water partition coefficient (Wildman–Crippen LogP) is 1.70. The lowest BCUT2D eigenvalue weighted by Crippen LogP contribution is -2.08. The molecule has 1 aromatic carbocycles. The average molecular weight is 312 g/mol. The van der Waals surface area contributed by atoms with Crippen LogP contribution in [0.15, 0.2) is 29.2 Å². The van der Waals surface area contributed by atoms with Crippen molar-refractivity contribution in [3.63, 3.8) is 0 Å². The lowest BCUT2D eigenvalue weighted by molar-refractivity contribution is -0.384. The van der Waals surface area contributed by atoms with Crippen LogP contribution in [0.2, 0.25) is 0 Å². The molecular weight excluding hydrogens is 302 g/mol. The van der Waals surface area contributed by atoms with Crippen LogP contribution in [0.3, 0.4) is 0 Å². The molecule has 0 heterocycles. The number of hydrogen-bond acceptors (Lipinski definition) is 5. The standard InChI is InChI=1S/C8H8BrNO5S/c9-5-6-15-16(13,14)8-3-1-7(2-4-8)10(11)12/h1-4H,5-6H2/i5D2. The Morgan fingerprint density at radius 1 is 1.44 bits per heavy atom. The minimum atomic E-state index is -4.13. The number of nitro groups is 1. The summed E-state index contributed by atoms with van der Waals surface area (Å²) in [5.41, 5.74) is -0.246. The van der Waals surface area contributed by atoms with E-state index in [9.17, 15) is 18.5 Å². The monoisotopic (exact) mass is 311 g/mol. The van der Waals surface area contributed by atoms with E-state index in [1.165, 1.54) is 0 Å². The first kappa shape index (κ1) is 10.2. The summed E-state index contributed by atoms with van der Waals surface area (Å²) in [4.78, 5) is 9.46. The molecule has 1 rings (SSSR count). The molecule has 6 nitrogen and oxygen atoms in total. The third-order valence-electron chi connectivity index (χ3n) is 1.60. The highest BCUT2D eigenvalue weighted by Crippen LogP contribution is 2.17. The molecule has 0 unspecified atom stereocenters. The molecule has 0 aliphatic rings. The Hall–Kier alpha value is -0.990. The second-order valence-corrected chi connectivity index (χ2v) is 4.78.